The van der Waals surface area contributed by atoms with Crippen molar-refractivity contribution in [3.63, 3.8) is 0 Å². The summed E-state index contributed by atoms with van der Waals surface area (Å²) in [6.07, 6.45) is -2.73. The number of nitrogens with zero attached hydrogens (tertiary/aromatic N) is 2. The highest BCUT2D eigenvalue weighted by atomic mass is 35.5. The molecule has 0 spiro atoms. The third kappa shape index (κ3) is 2.28. The standard InChI is InChI=1S/C11H9ClF3N3/c1-6-2-9(16)8(12)3-10(6)18-5-7(4-17-18)11(13,14)15/h2-5H,16H2,1H3. The van der Waals surface area contributed by atoms with Crippen LogP contribution in [0.4, 0.5) is 18.9 Å². The van der Waals surface area contributed by atoms with Crippen LogP contribution in [0.15, 0.2) is 24.5 Å². The van der Waals surface area contributed by atoms with E-state index in [4.69, 9.17) is 17.3 Å². The first-order valence-electron chi connectivity index (χ1n) is 4.97. The highest BCUT2D eigenvalue weighted by Gasteiger charge is 2.32. The first-order valence-corrected chi connectivity index (χ1v) is 5.34. The average molecular weight is 276 g/mol. The van der Waals surface area contributed by atoms with Crippen LogP contribution in [0.1, 0.15) is 11.1 Å². The minimum absolute atomic E-state index is 0.277. The zero-order valence-corrected chi connectivity index (χ0v) is 10.0. The van der Waals surface area contributed by atoms with Crippen LogP contribution in [0.5, 0.6) is 0 Å². The summed E-state index contributed by atoms with van der Waals surface area (Å²) in [5.41, 5.74) is 6.32. The lowest BCUT2D eigenvalue weighted by atomic mass is 10.2. The molecule has 2 N–H and O–H groups in total. The van der Waals surface area contributed by atoms with E-state index >= 15 is 0 Å². The summed E-state index contributed by atoms with van der Waals surface area (Å²) < 4.78 is 38.5. The quantitative estimate of drug-likeness (QED) is 0.810. The number of aromatic nitrogens is 2. The number of nitrogens with two attached hydrogens (primary N) is 1. The lowest BCUT2D eigenvalue weighted by Gasteiger charge is -2.08. The molecule has 0 atom stereocenters. The summed E-state index contributed by atoms with van der Waals surface area (Å²) in [5, 5.41) is 3.96. The van der Waals surface area contributed by atoms with Gasteiger partial charge in [0.2, 0.25) is 0 Å². The first kappa shape index (κ1) is 12.8. The molecule has 0 aliphatic carbocycles. The molecule has 1 aromatic carbocycles. The molecule has 7 heteroatoms. The number of rotatable bonds is 1. The van der Waals surface area contributed by atoms with Crippen molar-refractivity contribution >= 4 is 17.3 Å². The lowest BCUT2D eigenvalue weighted by Crippen LogP contribution is -2.03. The minimum Gasteiger partial charge on any atom is -0.398 e. The highest BCUT2D eigenvalue weighted by molar-refractivity contribution is 6.33. The van der Waals surface area contributed by atoms with E-state index in [1.807, 2.05) is 0 Å². The van der Waals surface area contributed by atoms with Gasteiger partial charge in [-0.3, -0.25) is 0 Å². The highest BCUT2D eigenvalue weighted by Crippen LogP contribution is 2.30. The summed E-state index contributed by atoms with van der Waals surface area (Å²) in [6.45, 7) is 1.72. The predicted molar refractivity (Wildman–Crippen MR) is 62.7 cm³/mol. The van der Waals surface area contributed by atoms with Crippen molar-refractivity contribution in [3.8, 4) is 5.69 Å². The van der Waals surface area contributed by atoms with Crippen molar-refractivity contribution in [1.82, 2.24) is 9.78 Å². The number of benzene rings is 1. The third-order valence-electron chi connectivity index (χ3n) is 2.47. The molecule has 18 heavy (non-hydrogen) atoms. The van der Waals surface area contributed by atoms with Crippen LogP contribution in [-0.2, 0) is 6.18 Å². The van der Waals surface area contributed by atoms with Gasteiger partial charge >= 0.3 is 6.18 Å². The molecule has 0 amide bonds. The van der Waals surface area contributed by atoms with Gasteiger partial charge in [-0.15, -0.1) is 0 Å². The Morgan fingerprint density at radius 1 is 1.33 bits per heavy atom. The molecular formula is C11H9ClF3N3. The van der Waals surface area contributed by atoms with E-state index in [0.717, 1.165) is 17.1 Å². The van der Waals surface area contributed by atoms with Gasteiger partial charge in [-0.25, -0.2) is 4.68 Å². The molecule has 1 aromatic heterocycles. The van der Waals surface area contributed by atoms with Crippen molar-refractivity contribution < 1.29 is 13.2 Å². The number of nitrogen functional groups attached to an aromatic ring is 1. The molecule has 0 unspecified atom stereocenters. The SMILES string of the molecule is Cc1cc(N)c(Cl)cc1-n1cc(C(F)(F)F)cn1. The molecule has 1 heterocycles. The maximum Gasteiger partial charge on any atom is 0.419 e. The molecule has 0 fully saturated rings. The maximum absolute atomic E-state index is 12.5. The minimum atomic E-state index is -4.41. The Balaban J connectivity index is 2.50. The van der Waals surface area contributed by atoms with Gasteiger partial charge in [0.05, 0.1) is 28.2 Å². The number of hydrogen-bond donors (Lipinski definition) is 1. The molecule has 0 saturated heterocycles. The Morgan fingerprint density at radius 3 is 2.56 bits per heavy atom. The Bertz CT molecular complexity index is 590. The molecule has 0 bridgehead atoms. The lowest BCUT2D eigenvalue weighted by molar-refractivity contribution is -0.137. The van der Waals surface area contributed by atoms with E-state index in [2.05, 4.69) is 5.10 Å². The number of halogens is 4. The Labute approximate surface area is 106 Å². The van der Waals surface area contributed by atoms with Crippen LogP contribution in [-0.4, -0.2) is 9.78 Å². The van der Waals surface area contributed by atoms with Crippen LogP contribution in [0.25, 0.3) is 5.69 Å². The van der Waals surface area contributed by atoms with Gasteiger partial charge in [-0.1, -0.05) is 11.6 Å². The zero-order valence-electron chi connectivity index (χ0n) is 9.29. The second-order valence-electron chi connectivity index (χ2n) is 3.83. The molecule has 0 aliphatic heterocycles. The summed E-state index contributed by atoms with van der Waals surface area (Å²) in [7, 11) is 0. The predicted octanol–water partition coefficient (Wildman–Crippen LogP) is 3.44. The fourth-order valence-electron chi connectivity index (χ4n) is 1.54. The van der Waals surface area contributed by atoms with Gasteiger partial charge in [-0.2, -0.15) is 18.3 Å². The van der Waals surface area contributed by atoms with Crippen LogP contribution in [0.3, 0.4) is 0 Å². The van der Waals surface area contributed by atoms with Crippen molar-refractivity contribution in [3.05, 3.63) is 40.7 Å². The van der Waals surface area contributed by atoms with Gasteiger partial charge < -0.3 is 5.73 Å². The van der Waals surface area contributed by atoms with Gasteiger partial charge in [-0.05, 0) is 24.6 Å². The fourth-order valence-corrected chi connectivity index (χ4v) is 1.70. The molecule has 0 radical (unpaired) electrons. The van der Waals surface area contributed by atoms with Crippen molar-refractivity contribution in [1.29, 1.82) is 0 Å². The van der Waals surface area contributed by atoms with Gasteiger partial charge in [0.1, 0.15) is 0 Å². The Hall–Kier alpha value is -1.69. The van der Waals surface area contributed by atoms with Crippen molar-refractivity contribution in [2.75, 3.05) is 5.73 Å². The monoisotopic (exact) mass is 275 g/mol. The van der Waals surface area contributed by atoms with Gasteiger partial charge in [0, 0.05) is 6.20 Å². The Morgan fingerprint density at radius 2 is 2.00 bits per heavy atom. The van der Waals surface area contributed by atoms with E-state index in [1.165, 1.54) is 6.07 Å². The average Bonchev–Trinajstić information content (AvgIpc) is 2.72. The van der Waals surface area contributed by atoms with E-state index < -0.39 is 11.7 Å². The second kappa shape index (κ2) is 4.20. The first-order chi connectivity index (χ1) is 8.29. The van der Waals surface area contributed by atoms with Crippen LogP contribution in [0, 0.1) is 6.92 Å². The summed E-state index contributed by atoms with van der Waals surface area (Å²) in [5.74, 6) is 0. The summed E-state index contributed by atoms with van der Waals surface area (Å²) >= 11 is 5.84. The number of hydrogen-bond acceptors (Lipinski definition) is 2. The third-order valence-corrected chi connectivity index (χ3v) is 2.80. The smallest absolute Gasteiger partial charge is 0.398 e. The maximum atomic E-state index is 12.5. The second-order valence-corrected chi connectivity index (χ2v) is 4.24. The van der Waals surface area contributed by atoms with E-state index in [0.29, 0.717) is 16.9 Å². The van der Waals surface area contributed by atoms with E-state index in [-0.39, 0.29) is 5.02 Å². The number of aryl methyl sites for hydroxylation is 1. The van der Waals surface area contributed by atoms with Crippen molar-refractivity contribution in [2.24, 2.45) is 0 Å². The number of alkyl halides is 3. The topological polar surface area (TPSA) is 43.8 Å². The molecule has 2 aromatic rings. The van der Waals surface area contributed by atoms with Gasteiger partial charge in [0.25, 0.3) is 0 Å². The van der Waals surface area contributed by atoms with Crippen LogP contribution in [0.2, 0.25) is 5.02 Å². The molecule has 3 nitrogen and oxygen atoms in total. The zero-order chi connectivity index (χ0) is 13.5. The fraction of sp³-hybridized carbons (Fsp3) is 0.182. The van der Waals surface area contributed by atoms with Crippen molar-refractivity contribution in [2.45, 2.75) is 13.1 Å². The summed E-state index contributed by atoms with van der Waals surface area (Å²) in [6, 6.07) is 3.08. The molecular weight excluding hydrogens is 267 g/mol. The molecule has 2 rings (SSSR count). The van der Waals surface area contributed by atoms with E-state index in [1.54, 1.807) is 13.0 Å². The van der Waals surface area contributed by atoms with Gasteiger partial charge in [0.15, 0.2) is 0 Å². The number of anilines is 1. The van der Waals surface area contributed by atoms with E-state index in [9.17, 15) is 13.2 Å². The van der Waals surface area contributed by atoms with Crippen LogP contribution < -0.4 is 5.73 Å². The molecule has 0 saturated carbocycles. The Kier molecular flexibility index (Phi) is 2.98. The molecule has 0 aliphatic rings. The molecule has 96 valence electrons. The summed E-state index contributed by atoms with van der Waals surface area (Å²) in [4.78, 5) is 0. The normalized spacial score (nSPS) is 11.8. The largest absolute Gasteiger partial charge is 0.419 e. The van der Waals surface area contributed by atoms with Crippen LogP contribution >= 0.6 is 11.6 Å².